The quantitative estimate of drug-likeness (QED) is 0.310. The fourth-order valence-electron chi connectivity index (χ4n) is 2.57. The van der Waals surface area contributed by atoms with Gasteiger partial charge < -0.3 is 18.6 Å². The normalized spacial score (nSPS) is 15.1. The molecule has 8 nitrogen and oxygen atoms in total. The first-order valence-electron chi connectivity index (χ1n) is 8.76. The third-order valence-corrected chi connectivity index (χ3v) is 4.00. The molecule has 0 saturated carbocycles. The van der Waals surface area contributed by atoms with Gasteiger partial charge in [-0.1, -0.05) is 12.1 Å². The highest BCUT2D eigenvalue weighted by atomic mass is 16.6. The van der Waals surface area contributed by atoms with Crippen LogP contribution in [0.15, 0.2) is 76.4 Å². The molecule has 1 N–H and O–H groups in total. The van der Waals surface area contributed by atoms with Crippen LogP contribution in [0.4, 0.5) is 0 Å². The number of furan rings is 1. The first-order chi connectivity index (χ1) is 14.2. The van der Waals surface area contributed by atoms with E-state index in [9.17, 15) is 9.59 Å². The minimum Gasteiger partial charge on any atom is -0.485 e. The number of carbonyl (C=O) groups is 2. The number of hydrogen-bond acceptors (Lipinski definition) is 7. The molecule has 2 heterocycles. The Morgan fingerprint density at radius 2 is 1.83 bits per heavy atom. The molecule has 146 valence electrons. The maximum Gasteiger partial charge on any atom is 0.379 e. The van der Waals surface area contributed by atoms with Crippen LogP contribution in [0.25, 0.3) is 0 Å². The zero-order valence-corrected chi connectivity index (χ0v) is 15.1. The van der Waals surface area contributed by atoms with Gasteiger partial charge >= 0.3 is 5.97 Å². The molecule has 0 fully saturated rings. The summed E-state index contributed by atoms with van der Waals surface area (Å²) in [6, 6.07) is 16.9. The zero-order chi connectivity index (χ0) is 20.1. The fraction of sp³-hybridized carbons (Fsp3) is 0.0952. The predicted octanol–water partition coefficient (Wildman–Crippen LogP) is 2.79. The molecule has 1 aliphatic heterocycles. The van der Waals surface area contributed by atoms with Crippen molar-refractivity contribution in [3.8, 4) is 17.2 Å². The highest BCUT2D eigenvalue weighted by Crippen LogP contribution is 2.30. The van der Waals surface area contributed by atoms with Crippen LogP contribution in [0.2, 0.25) is 0 Å². The van der Waals surface area contributed by atoms with Crippen LogP contribution >= 0.6 is 0 Å². The maximum absolute atomic E-state index is 12.2. The van der Waals surface area contributed by atoms with Crippen LogP contribution in [-0.4, -0.2) is 30.8 Å². The molecule has 1 atom stereocenters. The summed E-state index contributed by atoms with van der Waals surface area (Å²) < 4.78 is 21.3. The van der Waals surface area contributed by atoms with Gasteiger partial charge in [-0.2, -0.15) is 5.10 Å². The Labute approximate surface area is 165 Å². The lowest BCUT2D eigenvalue weighted by Gasteiger charge is -2.24. The number of nitrogens with zero attached hydrogens (tertiary/aromatic N) is 1. The number of para-hydroxylation sites is 2. The first kappa shape index (κ1) is 18.3. The van der Waals surface area contributed by atoms with Gasteiger partial charge in [0.2, 0.25) is 11.9 Å². The molecular formula is C21H16N2O6. The predicted molar refractivity (Wildman–Crippen MR) is 102 cm³/mol. The van der Waals surface area contributed by atoms with E-state index in [1.807, 2.05) is 6.07 Å². The van der Waals surface area contributed by atoms with E-state index in [-0.39, 0.29) is 12.4 Å². The Morgan fingerprint density at radius 1 is 1.03 bits per heavy atom. The maximum atomic E-state index is 12.2. The number of esters is 1. The molecule has 1 amide bonds. The highest BCUT2D eigenvalue weighted by molar-refractivity contribution is 5.88. The Hall–Kier alpha value is -4.07. The van der Waals surface area contributed by atoms with Crippen molar-refractivity contribution in [2.24, 2.45) is 5.10 Å². The van der Waals surface area contributed by atoms with Gasteiger partial charge in [0.1, 0.15) is 12.4 Å². The number of fused-ring (bicyclic) bond motifs is 1. The molecule has 1 aliphatic rings. The molecule has 29 heavy (non-hydrogen) atoms. The summed E-state index contributed by atoms with van der Waals surface area (Å²) in [5, 5.41) is 3.92. The van der Waals surface area contributed by atoms with Crippen LogP contribution in [0.1, 0.15) is 16.1 Å². The molecule has 1 aromatic heterocycles. The van der Waals surface area contributed by atoms with E-state index in [2.05, 4.69) is 10.5 Å². The van der Waals surface area contributed by atoms with E-state index < -0.39 is 18.0 Å². The van der Waals surface area contributed by atoms with E-state index in [4.69, 9.17) is 18.6 Å². The molecule has 0 radical (unpaired) electrons. The van der Waals surface area contributed by atoms with Crippen molar-refractivity contribution in [3.63, 3.8) is 0 Å². The average Bonchev–Trinajstić information content (AvgIpc) is 3.30. The monoisotopic (exact) mass is 392 g/mol. The van der Waals surface area contributed by atoms with Crippen molar-refractivity contribution < 1.29 is 28.2 Å². The van der Waals surface area contributed by atoms with Crippen LogP contribution in [-0.2, 0) is 4.79 Å². The molecular weight excluding hydrogens is 376 g/mol. The fourth-order valence-corrected chi connectivity index (χ4v) is 2.57. The van der Waals surface area contributed by atoms with Gasteiger partial charge in [0, 0.05) is 0 Å². The highest BCUT2D eigenvalue weighted by Gasteiger charge is 2.26. The molecule has 0 aliphatic carbocycles. The number of nitrogens with one attached hydrogen (secondary N) is 1. The van der Waals surface area contributed by atoms with Gasteiger partial charge in [-0.3, -0.25) is 4.79 Å². The van der Waals surface area contributed by atoms with Crippen LogP contribution in [0, 0.1) is 0 Å². The Kier molecular flexibility index (Phi) is 5.24. The molecule has 3 aromatic rings. The van der Waals surface area contributed by atoms with E-state index in [1.54, 1.807) is 48.5 Å². The van der Waals surface area contributed by atoms with E-state index in [0.717, 1.165) is 0 Å². The molecule has 4 rings (SSSR count). The van der Waals surface area contributed by atoms with Crippen LogP contribution < -0.4 is 19.6 Å². The number of amides is 1. The number of benzene rings is 2. The lowest BCUT2D eigenvalue weighted by atomic mass is 10.2. The number of ether oxygens (including phenoxy) is 3. The summed E-state index contributed by atoms with van der Waals surface area (Å²) in [7, 11) is 0. The van der Waals surface area contributed by atoms with Gasteiger partial charge in [-0.25, -0.2) is 10.2 Å². The standard InChI is InChI=1S/C21H16N2O6/c24-20(19-13-27-16-4-1-2-5-17(16)29-19)23-22-12-14-7-9-15(10-8-14)28-21(25)18-6-3-11-26-18/h1-12,19H,13H2,(H,23,24). The topological polar surface area (TPSA) is 99.4 Å². The summed E-state index contributed by atoms with van der Waals surface area (Å²) in [6.07, 6.45) is 2.08. The van der Waals surface area contributed by atoms with Gasteiger partial charge in [0.15, 0.2) is 11.5 Å². The molecule has 1 unspecified atom stereocenters. The van der Waals surface area contributed by atoms with E-state index in [0.29, 0.717) is 22.8 Å². The Morgan fingerprint density at radius 3 is 2.59 bits per heavy atom. The summed E-state index contributed by atoms with van der Waals surface area (Å²) in [5.41, 5.74) is 3.13. The van der Waals surface area contributed by atoms with Gasteiger partial charge in [0.25, 0.3) is 5.91 Å². The Balaban J connectivity index is 1.29. The van der Waals surface area contributed by atoms with Crippen molar-refractivity contribution in [1.82, 2.24) is 5.43 Å². The number of carbonyl (C=O) groups excluding carboxylic acids is 2. The molecule has 0 spiro atoms. The second kappa shape index (κ2) is 8.30. The molecule has 2 aromatic carbocycles. The van der Waals surface area contributed by atoms with Crippen molar-refractivity contribution >= 4 is 18.1 Å². The molecule has 0 bridgehead atoms. The Bertz CT molecular complexity index is 1030. The summed E-state index contributed by atoms with van der Waals surface area (Å²) in [4.78, 5) is 24.0. The van der Waals surface area contributed by atoms with E-state index in [1.165, 1.54) is 18.5 Å². The SMILES string of the molecule is O=C(Oc1ccc(C=NNC(=O)C2COc3ccccc3O2)cc1)c1ccco1. The first-order valence-corrected chi connectivity index (χ1v) is 8.76. The largest absolute Gasteiger partial charge is 0.485 e. The second-order valence-corrected chi connectivity index (χ2v) is 6.03. The van der Waals surface area contributed by atoms with Crippen molar-refractivity contribution in [1.29, 1.82) is 0 Å². The summed E-state index contributed by atoms with van der Waals surface area (Å²) in [5.74, 6) is 0.601. The van der Waals surface area contributed by atoms with Gasteiger partial charge in [0.05, 0.1) is 12.5 Å². The summed E-state index contributed by atoms with van der Waals surface area (Å²) >= 11 is 0. The smallest absolute Gasteiger partial charge is 0.379 e. The average molecular weight is 392 g/mol. The van der Waals surface area contributed by atoms with Crippen LogP contribution in [0.3, 0.4) is 0 Å². The minimum absolute atomic E-state index is 0.105. The lowest BCUT2D eigenvalue weighted by Crippen LogP contribution is -2.42. The third kappa shape index (κ3) is 4.44. The number of hydrogen-bond donors (Lipinski definition) is 1. The molecule has 0 saturated heterocycles. The second-order valence-electron chi connectivity index (χ2n) is 6.03. The van der Waals surface area contributed by atoms with Gasteiger partial charge in [-0.05, 0) is 54.1 Å². The van der Waals surface area contributed by atoms with E-state index >= 15 is 0 Å². The summed E-state index contributed by atoms with van der Waals surface area (Å²) in [6.45, 7) is 0.105. The van der Waals surface area contributed by atoms with Crippen LogP contribution in [0.5, 0.6) is 17.2 Å². The lowest BCUT2D eigenvalue weighted by molar-refractivity contribution is -0.130. The molecule has 8 heteroatoms. The number of rotatable bonds is 5. The third-order valence-electron chi connectivity index (χ3n) is 4.00. The van der Waals surface area contributed by atoms with Crippen molar-refractivity contribution in [2.75, 3.05) is 6.61 Å². The number of hydrazone groups is 1. The zero-order valence-electron chi connectivity index (χ0n) is 15.1. The van der Waals surface area contributed by atoms with Gasteiger partial charge in [-0.15, -0.1) is 0 Å². The van der Waals surface area contributed by atoms with Crippen molar-refractivity contribution in [2.45, 2.75) is 6.10 Å². The van der Waals surface area contributed by atoms with Crippen molar-refractivity contribution in [3.05, 3.63) is 78.3 Å². The minimum atomic E-state index is -0.787.